The van der Waals surface area contributed by atoms with E-state index in [2.05, 4.69) is 10.2 Å². The Morgan fingerprint density at radius 2 is 2.06 bits per heavy atom. The van der Waals surface area contributed by atoms with Crippen LogP contribution in [0.5, 0.6) is 0 Å². The molecule has 2 aliphatic heterocycles. The SMILES string of the molecule is NS(=O)(=O)c1ccc(N[C@H](CCN2C[C@H]3C[C@@H]2CO3)CSc2ccccc2)c([N+](=O)[O-])c1. The fraction of sp³-hybridized carbons (Fsp3) is 0.429. The Hall–Kier alpha value is -2.18. The Bertz CT molecular complexity index is 1070. The third-order valence-electron chi connectivity index (χ3n) is 5.83. The summed E-state index contributed by atoms with van der Waals surface area (Å²) in [5, 5.41) is 20.1. The first-order chi connectivity index (χ1) is 15.3. The monoisotopic (exact) mass is 478 g/mol. The predicted octanol–water partition coefficient (Wildman–Crippen LogP) is 2.68. The van der Waals surface area contributed by atoms with Crippen LogP contribution < -0.4 is 10.5 Å². The molecule has 3 atom stereocenters. The Labute approximate surface area is 191 Å². The molecule has 172 valence electrons. The molecule has 0 radical (unpaired) electrons. The molecule has 32 heavy (non-hydrogen) atoms. The van der Waals surface area contributed by atoms with Crippen molar-refractivity contribution in [1.29, 1.82) is 0 Å². The van der Waals surface area contributed by atoms with E-state index in [0.29, 0.717) is 17.9 Å². The van der Waals surface area contributed by atoms with E-state index < -0.39 is 14.9 Å². The Balaban J connectivity index is 1.50. The number of benzene rings is 2. The van der Waals surface area contributed by atoms with Crippen molar-refractivity contribution >= 4 is 33.2 Å². The lowest BCUT2D eigenvalue weighted by Crippen LogP contribution is -2.39. The lowest BCUT2D eigenvalue weighted by Gasteiger charge is -2.29. The van der Waals surface area contributed by atoms with Crippen LogP contribution in [0.4, 0.5) is 11.4 Å². The zero-order chi connectivity index (χ0) is 22.7. The molecule has 3 N–H and O–H groups in total. The highest BCUT2D eigenvalue weighted by Crippen LogP contribution is 2.31. The van der Waals surface area contributed by atoms with Gasteiger partial charge >= 0.3 is 0 Å². The van der Waals surface area contributed by atoms with E-state index in [0.717, 1.165) is 43.5 Å². The number of sulfonamides is 1. The van der Waals surface area contributed by atoms with E-state index in [9.17, 15) is 18.5 Å². The number of nitrogens with one attached hydrogen (secondary N) is 1. The van der Waals surface area contributed by atoms with Gasteiger partial charge in [0.25, 0.3) is 5.69 Å². The standard InChI is InChI=1S/C21H26N4O5S2/c22-32(28,29)19-6-7-20(21(11-19)25(26)27)23-15(14-31-18-4-2-1-3-5-18)8-9-24-12-17-10-16(24)13-30-17/h1-7,11,15-17,23H,8-10,12-14H2,(H2,22,28,29)/t15-,16-,17-/m1/s1. The number of morpholine rings is 1. The maximum absolute atomic E-state index is 11.6. The fourth-order valence-corrected chi connectivity index (χ4v) is 5.69. The van der Waals surface area contributed by atoms with Crippen molar-refractivity contribution in [1.82, 2.24) is 4.90 Å². The minimum absolute atomic E-state index is 0.0562. The number of hydrogen-bond acceptors (Lipinski definition) is 8. The number of nitro benzene ring substituents is 1. The third kappa shape index (κ3) is 5.59. The molecule has 2 fully saturated rings. The molecule has 2 aromatic rings. The first-order valence-electron chi connectivity index (χ1n) is 10.4. The number of nitro groups is 1. The van der Waals surface area contributed by atoms with Gasteiger partial charge in [0.15, 0.2) is 0 Å². The van der Waals surface area contributed by atoms with Crippen molar-refractivity contribution in [3.8, 4) is 0 Å². The van der Waals surface area contributed by atoms with Crippen LogP contribution in [0.2, 0.25) is 0 Å². The number of nitrogens with two attached hydrogens (primary N) is 1. The van der Waals surface area contributed by atoms with E-state index in [1.54, 1.807) is 11.8 Å². The number of hydrogen-bond donors (Lipinski definition) is 2. The van der Waals surface area contributed by atoms with Gasteiger partial charge in [-0.25, -0.2) is 13.6 Å². The van der Waals surface area contributed by atoms with Crippen LogP contribution in [-0.4, -0.2) is 61.9 Å². The molecular weight excluding hydrogens is 452 g/mol. The quantitative estimate of drug-likeness (QED) is 0.303. The van der Waals surface area contributed by atoms with Gasteiger partial charge < -0.3 is 10.1 Å². The van der Waals surface area contributed by atoms with Gasteiger partial charge in [0.05, 0.1) is 22.5 Å². The van der Waals surface area contributed by atoms with Gasteiger partial charge in [-0.15, -0.1) is 11.8 Å². The normalized spacial score (nSPS) is 21.5. The molecule has 4 rings (SSSR count). The van der Waals surface area contributed by atoms with Crippen molar-refractivity contribution in [2.45, 2.75) is 40.8 Å². The fourth-order valence-electron chi connectivity index (χ4n) is 4.17. The van der Waals surface area contributed by atoms with E-state index in [4.69, 9.17) is 9.88 Å². The predicted molar refractivity (Wildman–Crippen MR) is 123 cm³/mol. The second-order valence-corrected chi connectivity index (χ2v) is 10.7. The van der Waals surface area contributed by atoms with E-state index >= 15 is 0 Å². The van der Waals surface area contributed by atoms with E-state index in [-0.39, 0.29) is 22.3 Å². The number of anilines is 1. The van der Waals surface area contributed by atoms with Gasteiger partial charge in [-0.2, -0.15) is 0 Å². The molecule has 0 spiro atoms. The summed E-state index contributed by atoms with van der Waals surface area (Å²) in [4.78, 5) is 14.3. The topological polar surface area (TPSA) is 128 Å². The summed E-state index contributed by atoms with van der Waals surface area (Å²) in [6, 6.07) is 14.1. The van der Waals surface area contributed by atoms with Crippen molar-refractivity contribution in [3.05, 3.63) is 58.6 Å². The largest absolute Gasteiger partial charge is 0.376 e. The maximum Gasteiger partial charge on any atom is 0.293 e. The van der Waals surface area contributed by atoms with E-state index in [1.807, 2.05) is 30.3 Å². The first-order valence-corrected chi connectivity index (χ1v) is 12.9. The highest BCUT2D eigenvalue weighted by Gasteiger charge is 2.38. The average molecular weight is 479 g/mol. The molecule has 0 saturated carbocycles. The molecule has 9 nitrogen and oxygen atoms in total. The smallest absolute Gasteiger partial charge is 0.293 e. The van der Waals surface area contributed by atoms with Gasteiger partial charge in [0.1, 0.15) is 5.69 Å². The highest BCUT2D eigenvalue weighted by atomic mass is 32.2. The molecule has 0 aliphatic carbocycles. The van der Waals surface area contributed by atoms with Gasteiger partial charge in [0, 0.05) is 41.9 Å². The number of thioether (sulfide) groups is 1. The van der Waals surface area contributed by atoms with E-state index in [1.165, 1.54) is 12.1 Å². The summed E-state index contributed by atoms with van der Waals surface area (Å²) in [5.74, 6) is 0.705. The summed E-state index contributed by atoms with van der Waals surface area (Å²) < 4.78 is 28.9. The molecule has 0 amide bonds. The lowest BCUT2D eigenvalue weighted by atomic mass is 10.1. The number of primary sulfonamides is 1. The molecule has 2 aromatic carbocycles. The third-order valence-corrected chi connectivity index (χ3v) is 7.91. The Morgan fingerprint density at radius 1 is 1.28 bits per heavy atom. The summed E-state index contributed by atoms with van der Waals surface area (Å²) in [6.45, 7) is 2.55. The van der Waals surface area contributed by atoms with Gasteiger partial charge in [-0.3, -0.25) is 15.0 Å². The lowest BCUT2D eigenvalue weighted by molar-refractivity contribution is -0.384. The molecule has 11 heteroatoms. The van der Waals surface area contributed by atoms with Gasteiger partial charge in [-0.05, 0) is 37.1 Å². The summed E-state index contributed by atoms with van der Waals surface area (Å²) in [5.41, 5.74) is -0.0211. The second-order valence-electron chi connectivity index (χ2n) is 8.07. The Kier molecular flexibility index (Phi) is 7.01. The number of rotatable bonds is 10. The minimum atomic E-state index is -4.03. The summed E-state index contributed by atoms with van der Waals surface area (Å²) >= 11 is 1.68. The van der Waals surface area contributed by atoms with Crippen LogP contribution in [0.1, 0.15) is 12.8 Å². The first kappa shape index (κ1) is 23.0. The van der Waals surface area contributed by atoms with Gasteiger partial charge in [-0.1, -0.05) is 18.2 Å². The molecule has 2 heterocycles. The average Bonchev–Trinajstić information content (AvgIpc) is 3.39. The zero-order valence-electron chi connectivity index (χ0n) is 17.4. The molecule has 0 aromatic heterocycles. The van der Waals surface area contributed by atoms with Crippen molar-refractivity contribution < 1.29 is 18.1 Å². The van der Waals surface area contributed by atoms with Crippen LogP contribution >= 0.6 is 11.8 Å². The van der Waals surface area contributed by atoms with Crippen molar-refractivity contribution in [2.24, 2.45) is 5.14 Å². The van der Waals surface area contributed by atoms with Crippen molar-refractivity contribution in [3.63, 3.8) is 0 Å². The second kappa shape index (κ2) is 9.75. The molecule has 2 bridgehead atoms. The van der Waals surface area contributed by atoms with Gasteiger partial charge in [0.2, 0.25) is 10.0 Å². The van der Waals surface area contributed by atoms with Crippen LogP contribution in [-0.2, 0) is 14.8 Å². The van der Waals surface area contributed by atoms with Crippen LogP contribution in [0.15, 0.2) is 58.3 Å². The van der Waals surface area contributed by atoms with Crippen molar-refractivity contribution in [2.75, 3.05) is 30.8 Å². The molecule has 0 unspecified atom stereocenters. The van der Waals surface area contributed by atoms with Crippen LogP contribution in [0.25, 0.3) is 0 Å². The highest BCUT2D eigenvalue weighted by molar-refractivity contribution is 7.99. The molecular formula is C21H26N4O5S2. The molecule has 2 saturated heterocycles. The number of likely N-dealkylation sites (tertiary alicyclic amines) is 1. The van der Waals surface area contributed by atoms with Crippen LogP contribution in [0, 0.1) is 10.1 Å². The Morgan fingerprint density at radius 3 is 2.69 bits per heavy atom. The molecule has 2 aliphatic rings. The number of nitrogens with zero attached hydrogens (tertiary/aromatic N) is 2. The summed E-state index contributed by atoms with van der Waals surface area (Å²) in [7, 11) is -4.03. The maximum atomic E-state index is 11.6. The minimum Gasteiger partial charge on any atom is -0.376 e. The number of ether oxygens (including phenoxy) is 1. The summed E-state index contributed by atoms with van der Waals surface area (Å²) in [6.07, 6.45) is 2.17. The number of fused-ring (bicyclic) bond motifs is 2. The van der Waals surface area contributed by atoms with Crippen LogP contribution in [0.3, 0.4) is 0 Å². The zero-order valence-corrected chi connectivity index (χ0v) is 19.1.